The van der Waals surface area contributed by atoms with Crippen LogP contribution in [0.1, 0.15) is 6.92 Å². The molecule has 0 N–H and O–H groups in total. The highest BCUT2D eigenvalue weighted by Gasteiger charge is 2.04. The minimum atomic E-state index is -0.129. The summed E-state index contributed by atoms with van der Waals surface area (Å²) in [6.07, 6.45) is 2.74. The largest absolute Gasteiger partial charge is 0.493 e. The number of ether oxygens (including phenoxy) is 2. The summed E-state index contributed by atoms with van der Waals surface area (Å²) in [5.74, 6) is 2.06. The lowest BCUT2D eigenvalue weighted by molar-refractivity contribution is -0.108. The lowest BCUT2D eigenvalue weighted by Gasteiger charge is -2.08. The summed E-state index contributed by atoms with van der Waals surface area (Å²) in [5, 5.41) is 1.46. The maximum atomic E-state index is 11.5. The van der Waals surface area contributed by atoms with Crippen LogP contribution in [-0.4, -0.2) is 22.6 Å². The lowest BCUT2D eigenvalue weighted by Crippen LogP contribution is -2.03. The fraction of sp³-hybridized carbons (Fsp3) is 0.103. The number of carbonyl (C=O) groups excluding carboxylic acids is 2. The molecule has 3 aromatic carbocycles. The molecule has 0 heterocycles. The Morgan fingerprint density at radius 2 is 1.31 bits per heavy atom. The van der Waals surface area contributed by atoms with Crippen LogP contribution in [0.15, 0.2) is 109 Å². The van der Waals surface area contributed by atoms with Gasteiger partial charge in [0.2, 0.25) is 10.2 Å². The van der Waals surface area contributed by atoms with E-state index in [-0.39, 0.29) is 10.2 Å². The van der Waals surface area contributed by atoms with E-state index in [0.717, 1.165) is 39.8 Å². The Morgan fingerprint density at radius 3 is 1.80 bits per heavy atom. The van der Waals surface area contributed by atoms with E-state index in [0.29, 0.717) is 23.7 Å². The van der Waals surface area contributed by atoms with Crippen molar-refractivity contribution in [2.75, 3.05) is 12.4 Å². The molecule has 0 saturated carbocycles. The Hall–Kier alpha value is -3.48. The van der Waals surface area contributed by atoms with Gasteiger partial charge in [-0.05, 0) is 65.1 Å². The van der Waals surface area contributed by atoms with E-state index < -0.39 is 0 Å². The minimum absolute atomic E-state index is 0.00153. The fourth-order valence-electron chi connectivity index (χ4n) is 2.99. The molecule has 178 valence electrons. The van der Waals surface area contributed by atoms with Crippen LogP contribution in [0.5, 0.6) is 11.5 Å². The van der Waals surface area contributed by atoms with Crippen LogP contribution < -0.4 is 9.47 Å². The first kappa shape index (κ1) is 26.1. The normalized spacial score (nSPS) is 10.7. The zero-order valence-electron chi connectivity index (χ0n) is 19.4. The molecule has 3 aromatic rings. The van der Waals surface area contributed by atoms with Crippen LogP contribution in [0.2, 0.25) is 0 Å². The van der Waals surface area contributed by atoms with Crippen LogP contribution >= 0.6 is 23.5 Å². The van der Waals surface area contributed by atoms with Gasteiger partial charge in [-0.3, -0.25) is 9.59 Å². The van der Waals surface area contributed by atoms with Gasteiger partial charge in [-0.15, -0.1) is 0 Å². The van der Waals surface area contributed by atoms with Gasteiger partial charge in [-0.2, -0.15) is 0 Å². The third-order valence-electron chi connectivity index (χ3n) is 4.80. The Balaban J connectivity index is 1.53. The second-order valence-electron chi connectivity index (χ2n) is 7.42. The SMILES string of the molecule is C=CC(=O)SC=COc1ccc(-c2ccc(-c3ccc(OCCSC(=O)C(=C)C)cc3)cc2)cc1. The standard InChI is InChI=1S/C29H26O4S2/c1-4-28(30)34-19-17-32-26-13-9-24(10-14-26)22-5-7-23(8-6-22)25-11-15-27(16-12-25)33-18-20-35-29(31)21(2)3/h4-17,19H,1-2,18,20H2,3H3. The molecule has 0 aliphatic carbocycles. The van der Waals surface area contributed by atoms with Gasteiger partial charge in [0, 0.05) is 11.2 Å². The van der Waals surface area contributed by atoms with Crippen molar-refractivity contribution >= 4 is 33.8 Å². The van der Waals surface area contributed by atoms with Gasteiger partial charge in [0.05, 0.1) is 12.9 Å². The number of hydrogen-bond donors (Lipinski definition) is 0. The molecular weight excluding hydrogens is 476 g/mol. The molecule has 0 fully saturated rings. The fourth-order valence-corrected chi connectivity index (χ4v) is 3.93. The maximum Gasteiger partial charge on any atom is 0.215 e. The predicted octanol–water partition coefficient (Wildman–Crippen LogP) is 7.53. The van der Waals surface area contributed by atoms with Crippen molar-refractivity contribution in [2.45, 2.75) is 6.92 Å². The van der Waals surface area contributed by atoms with E-state index in [1.807, 2.05) is 48.5 Å². The number of carbonyl (C=O) groups is 2. The van der Waals surface area contributed by atoms with Crippen molar-refractivity contribution in [3.8, 4) is 33.8 Å². The highest BCUT2D eigenvalue weighted by atomic mass is 32.2. The molecule has 0 aliphatic rings. The van der Waals surface area contributed by atoms with E-state index in [2.05, 4.69) is 37.4 Å². The molecular formula is C29H26O4S2. The second kappa shape index (κ2) is 13.4. The van der Waals surface area contributed by atoms with Crippen molar-refractivity contribution in [2.24, 2.45) is 0 Å². The second-order valence-corrected chi connectivity index (χ2v) is 9.40. The number of rotatable bonds is 11. The first-order valence-corrected chi connectivity index (χ1v) is 12.7. The molecule has 0 unspecified atom stereocenters. The van der Waals surface area contributed by atoms with Crippen molar-refractivity contribution in [3.05, 3.63) is 109 Å². The van der Waals surface area contributed by atoms with Crippen molar-refractivity contribution in [3.63, 3.8) is 0 Å². The van der Waals surface area contributed by atoms with E-state index >= 15 is 0 Å². The summed E-state index contributed by atoms with van der Waals surface area (Å²) in [6.45, 7) is 9.24. The van der Waals surface area contributed by atoms with E-state index in [4.69, 9.17) is 9.47 Å². The van der Waals surface area contributed by atoms with Crippen LogP contribution in [0.25, 0.3) is 22.3 Å². The van der Waals surface area contributed by atoms with Gasteiger partial charge in [0.25, 0.3) is 0 Å². The predicted molar refractivity (Wildman–Crippen MR) is 148 cm³/mol. The molecule has 0 spiro atoms. The molecule has 3 rings (SSSR count). The highest BCUT2D eigenvalue weighted by molar-refractivity contribution is 8.16. The third kappa shape index (κ3) is 8.35. The zero-order valence-corrected chi connectivity index (χ0v) is 21.1. The van der Waals surface area contributed by atoms with Gasteiger partial charge in [0.15, 0.2) is 0 Å². The highest BCUT2D eigenvalue weighted by Crippen LogP contribution is 2.27. The summed E-state index contributed by atoms with van der Waals surface area (Å²) >= 11 is 2.24. The number of thioether (sulfide) groups is 2. The molecule has 0 bridgehead atoms. The Labute approximate surface area is 214 Å². The van der Waals surface area contributed by atoms with Crippen LogP contribution in [0.4, 0.5) is 0 Å². The van der Waals surface area contributed by atoms with Gasteiger partial charge in [-0.25, -0.2) is 0 Å². The zero-order chi connectivity index (χ0) is 25.0. The molecule has 4 nitrogen and oxygen atoms in total. The summed E-state index contributed by atoms with van der Waals surface area (Å²) in [7, 11) is 0. The lowest BCUT2D eigenvalue weighted by atomic mass is 10.0. The Morgan fingerprint density at radius 1 is 0.829 bits per heavy atom. The third-order valence-corrected chi connectivity index (χ3v) is 6.43. The van der Waals surface area contributed by atoms with Crippen molar-refractivity contribution < 1.29 is 19.1 Å². The first-order valence-electron chi connectivity index (χ1n) is 10.9. The smallest absolute Gasteiger partial charge is 0.215 e. The number of hydrogen-bond acceptors (Lipinski definition) is 6. The van der Waals surface area contributed by atoms with Crippen LogP contribution in [-0.2, 0) is 9.59 Å². The topological polar surface area (TPSA) is 52.6 Å². The monoisotopic (exact) mass is 502 g/mol. The molecule has 0 saturated heterocycles. The molecule has 0 atom stereocenters. The molecule has 0 aliphatic heterocycles. The average molecular weight is 503 g/mol. The Kier molecular flexibility index (Phi) is 10.0. The average Bonchev–Trinajstić information content (AvgIpc) is 2.89. The Bertz CT molecular complexity index is 1190. The van der Waals surface area contributed by atoms with Crippen molar-refractivity contribution in [1.82, 2.24) is 0 Å². The minimum Gasteiger partial charge on any atom is -0.493 e. The molecule has 6 heteroatoms. The summed E-state index contributed by atoms with van der Waals surface area (Å²) in [4.78, 5) is 22.7. The van der Waals surface area contributed by atoms with Crippen LogP contribution in [0.3, 0.4) is 0 Å². The van der Waals surface area contributed by atoms with Gasteiger partial charge in [0.1, 0.15) is 11.5 Å². The van der Waals surface area contributed by atoms with Gasteiger partial charge >= 0.3 is 0 Å². The molecule has 0 amide bonds. The molecule has 0 aromatic heterocycles. The van der Waals surface area contributed by atoms with E-state index in [9.17, 15) is 9.59 Å². The summed E-state index contributed by atoms with van der Waals surface area (Å²) in [5.41, 5.74) is 4.94. The van der Waals surface area contributed by atoms with Gasteiger partial charge < -0.3 is 9.47 Å². The summed E-state index contributed by atoms with van der Waals surface area (Å²) in [6, 6.07) is 24.0. The van der Waals surface area contributed by atoms with E-state index in [1.54, 1.807) is 12.3 Å². The van der Waals surface area contributed by atoms with Crippen LogP contribution in [0, 0.1) is 0 Å². The van der Waals surface area contributed by atoms with Gasteiger partial charge in [-0.1, -0.05) is 85.2 Å². The van der Waals surface area contributed by atoms with E-state index in [1.165, 1.54) is 24.1 Å². The van der Waals surface area contributed by atoms with Crippen molar-refractivity contribution in [1.29, 1.82) is 0 Å². The summed E-state index contributed by atoms with van der Waals surface area (Å²) < 4.78 is 11.2. The molecule has 0 radical (unpaired) electrons. The maximum absolute atomic E-state index is 11.5. The first-order chi connectivity index (χ1) is 17.0. The quantitative estimate of drug-likeness (QED) is 0.153. The molecule has 35 heavy (non-hydrogen) atoms. The number of benzene rings is 3.